The predicted octanol–water partition coefficient (Wildman–Crippen LogP) is 4.39. The first-order valence-corrected chi connectivity index (χ1v) is 10.2. The van der Waals surface area contributed by atoms with Crippen molar-refractivity contribution in [3.8, 4) is 11.5 Å². The van der Waals surface area contributed by atoms with Gasteiger partial charge in [-0.3, -0.25) is 4.90 Å². The van der Waals surface area contributed by atoms with E-state index in [0.717, 1.165) is 30.2 Å². The highest BCUT2D eigenvalue weighted by Gasteiger charge is 2.72. The van der Waals surface area contributed by atoms with Gasteiger partial charge in [-0.25, -0.2) is 0 Å². The van der Waals surface area contributed by atoms with Crippen molar-refractivity contribution in [3.63, 3.8) is 0 Å². The minimum atomic E-state index is -0.0807. The Kier molecular flexibility index (Phi) is 5.25. The third-order valence-electron chi connectivity index (χ3n) is 6.76. The Morgan fingerprint density at radius 3 is 2.54 bits per heavy atom. The van der Waals surface area contributed by atoms with Gasteiger partial charge in [0.1, 0.15) is 11.5 Å². The summed E-state index contributed by atoms with van der Waals surface area (Å²) < 4.78 is 10.9. The van der Waals surface area contributed by atoms with Crippen LogP contribution in [0.3, 0.4) is 0 Å². The number of methoxy groups -OCH3 is 2. The van der Waals surface area contributed by atoms with Gasteiger partial charge in [0.2, 0.25) is 0 Å². The van der Waals surface area contributed by atoms with Crippen molar-refractivity contribution in [1.29, 1.82) is 0 Å². The molecule has 4 nitrogen and oxygen atoms in total. The van der Waals surface area contributed by atoms with Gasteiger partial charge < -0.3 is 14.6 Å². The van der Waals surface area contributed by atoms with E-state index in [4.69, 9.17) is 32.7 Å². The van der Waals surface area contributed by atoms with Gasteiger partial charge in [-0.1, -0.05) is 35.3 Å². The number of rotatable bonds is 6. The highest BCUT2D eigenvalue weighted by Crippen LogP contribution is 2.67. The maximum atomic E-state index is 9.98. The van der Waals surface area contributed by atoms with E-state index in [1.54, 1.807) is 14.2 Å². The van der Waals surface area contributed by atoms with E-state index in [9.17, 15) is 5.11 Å². The standard InChI is InChI=1S/C22H25Cl2NO3/c1-13-22(15-5-7-19(23)20(24)8-15)17(18(22)12-26)11-25(13)10-14-4-6-16(27-2)9-21(14)28-3/h4-9,13,17-18,26H,10-12H2,1-3H3/t13-,17?,18?,22?/m1/s1. The topological polar surface area (TPSA) is 41.9 Å². The average molecular weight is 422 g/mol. The van der Waals surface area contributed by atoms with Crippen molar-refractivity contribution in [1.82, 2.24) is 4.90 Å². The van der Waals surface area contributed by atoms with Crippen LogP contribution in [0.2, 0.25) is 10.0 Å². The van der Waals surface area contributed by atoms with Crippen LogP contribution in [0.1, 0.15) is 18.1 Å². The Bertz CT molecular complexity index is 890. The highest BCUT2D eigenvalue weighted by atomic mass is 35.5. The van der Waals surface area contributed by atoms with Crippen molar-refractivity contribution in [2.24, 2.45) is 11.8 Å². The quantitative estimate of drug-likeness (QED) is 0.750. The van der Waals surface area contributed by atoms with Crippen molar-refractivity contribution in [2.45, 2.75) is 24.9 Å². The summed E-state index contributed by atoms with van der Waals surface area (Å²) >= 11 is 12.4. The molecule has 28 heavy (non-hydrogen) atoms. The van der Waals surface area contributed by atoms with Crippen LogP contribution < -0.4 is 9.47 Å². The lowest BCUT2D eigenvalue weighted by Gasteiger charge is -2.32. The molecule has 0 aromatic heterocycles. The lowest BCUT2D eigenvalue weighted by Crippen LogP contribution is -2.38. The van der Waals surface area contributed by atoms with Gasteiger partial charge in [-0.15, -0.1) is 0 Å². The van der Waals surface area contributed by atoms with E-state index in [-0.39, 0.29) is 24.0 Å². The van der Waals surface area contributed by atoms with E-state index in [1.807, 2.05) is 24.3 Å². The summed E-state index contributed by atoms with van der Waals surface area (Å²) in [7, 11) is 3.34. The maximum Gasteiger partial charge on any atom is 0.127 e. The average Bonchev–Trinajstić information content (AvgIpc) is 3.27. The number of benzene rings is 2. The second-order valence-electron chi connectivity index (χ2n) is 7.74. The summed E-state index contributed by atoms with van der Waals surface area (Å²) in [6.45, 7) is 4.15. The Hall–Kier alpha value is -1.46. The lowest BCUT2D eigenvalue weighted by atomic mass is 9.86. The summed E-state index contributed by atoms with van der Waals surface area (Å²) in [4.78, 5) is 2.46. The fourth-order valence-corrected chi connectivity index (χ4v) is 5.59. The number of hydrogen-bond donors (Lipinski definition) is 1. The van der Waals surface area contributed by atoms with Crippen molar-refractivity contribution in [2.75, 3.05) is 27.4 Å². The molecule has 150 valence electrons. The van der Waals surface area contributed by atoms with E-state index >= 15 is 0 Å². The van der Waals surface area contributed by atoms with E-state index in [0.29, 0.717) is 16.0 Å². The third-order valence-corrected chi connectivity index (χ3v) is 7.50. The summed E-state index contributed by atoms with van der Waals surface area (Å²) in [5, 5.41) is 11.1. The number of piperidine rings is 1. The maximum absolute atomic E-state index is 9.98. The summed E-state index contributed by atoms with van der Waals surface area (Å²) in [6.07, 6.45) is 0. The summed E-state index contributed by atoms with van der Waals surface area (Å²) in [5.41, 5.74) is 2.21. The van der Waals surface area contributed by atoms with Gasteiger partial charge in [-0.05, 0) is 42.5 Å². The molecule has 0 spiro atoms. The minimum absolute atomic E-state index is 0.0807. The molecule has 0 amide bonds. The van der Waals surface area contributed by atoms with E-state index in [1.165, 1.54) is 5.56 Å². The van der Waals surface area contributed by atoms with Gasteiger partial charge >= 0.3 is 0 Å². The lowest BCUT2D eigenvalue weighted by molar-refractivity contribution is 0.164. The van der Waals surface area contributed by atoms with Crippen LogP contribution in [0.15, 0.2) is 36.4 Å². The zero-order chi connectivity index (χ0) is 20.1. The van der Waals surface area contributed by atoms with Crippen LogP contribution in [0.25, 0.3) is 0 Å². The second-order valence-corrected chi connectivity index (χ2v) is 8.56. The molecule has 1 saturated carbocycles. The van der Waals surface area contributed by atoms with Gasteiger partial charge in [0.25, 0.3) is 0 Å². The molecule has 6 heteroatoms. The van der Waals surface area contributed by atoms with Crippen LogP contribution in [-0.4, -0.2) is 43.4 Å². The Labute approximate surface area is 176 Å². The molecule has 1 saturated heterocycles. The summed E-state index contributed by atoms with van der Waals surface area (Å²) in [5.74, 6) is 2.28. The first kappa shape index (κ1) is 19.8. The predicted molar refractivity (Wildman–Crippen MR) is 112 cm³/mol. The normalized spacial score (nSPS) is 28.9. The molecule has 1 N–H and O–H groups in total. The SMILES string of the molecule is COc1ccc(CN2CC3C(CO)C3(c3ccc(Cl)c(Cl)c3)[C@H]2C)c(OC)c1. The monoisotopic (exact) mass is 421 g/mol. The summed E-state index contributed by atoms with van der Waals surface area (Å²) in [6, 6.07) is 12.1. The zero-order valence-corrected chi connectivity index (χ0v) is 17.8. The number of fused-ring (bicyclic) bond motifs is 1. The first-order chi connectivity index (χ1) is 13.5. The molecule has 2 aromatic carbocycles. The number of halogens is 2. The number of aliphatic hydroxyl groups excluding tert-OH is 1. The van der Waals surface area contributed by atoms with E-state index in [2.05, 4.69) is 24.0 Å². The van der Waals surface area contributed by atoms with E-state index < -0.39 is 0 Å². The van der Waals surface area contributed by atoms with Gasteiger partial charge in [0, 0.05) is 42.8 Å². The number of likely N-dealkylation sites (tertiary alicyclic amines) is 1. The molecule has 4 rings (SSSR count). The molecule has 0 radical (unpaired) electrons. The fourth-order valence-electron chi connectivity index (χ4n) is 5.29. The van der Waals surface area contributed by atoms with Crippen molar-refractivity contribution in [3.05, 3.63) is 57.6 Å². The molecular weight excluding hydrogens is 397 g/mol. The zero-order valence-electron chi connectivity index (χ0n) is 16.3. The molecule has 2 aliphatic rings. The first-order valence-electron chi connectivity index (χ1n) is 9.48. The van der Waals surface area contributed by atoms with Crippen LogP contribution >= 0.6 is 23.2 Å². The van der Waals surface area contributed by atoms with Gasteiger partial charge in [0.05, 0.1) is 24.3 Å². The third kappa shape index (κ3) is 2.89. The molecule has 1 aliphatic carbocycles. The molecule has 2 aromatic rings. The van der Waals surface area contributed by atoms with Crippen LogP contribution in [0.5, 0.6) is 11.5 Å². The van der Waals surface area contributed by atoms with Gasteiger partial charge in [0.15, 0.2) is 0 Å². The number of aliphatic hydroxyl groups is 1. The number of hydrogen-bond acceptors (Lipinski definition) is 4. The molecule has 1 heterocycles. The second kappa shape index (κ2) is 7.42. The molecular formula is C22H25Cl2NO3. The molecule has 4 atom stereocenters. The largest absolute Gasteiger partial charge is 0.497 e. The number of nitrogens with zero attached hydrogens (tertiary/aromatic N) is 1. The number of ether oxygens (including phenoxy) is 2. The molecule has 1 aliphatic heterocycles. The highest BCUT2D eigenvalue weighted by molar-refractivity contribution is 6.42. The van der Waals surface area contributed by atoms with Crippen LogP contribution in [-0.2, 0) is 12.0 Å². The molecule has 0 bridgehead atoms. The molecule has 2 fully saturated rings. The smallest absolute Gasteiger partial charge is 0.127 e. The van der Waals surface area contributed by atoms with Crippen LogP contribution in [0, 0.1) is 11.8 Å². The Morgan fingerprint density at radius 2 is 1.89 bits per heavy atom. The molecule has 3 unspecified atom stereocenters. The Morgan fingerprint density at radius 1 is 1.11 bits per heavy atom. The Balaban J connectivity index is 1.62. The van der Waals surface area contributed by atoms with Crippen LogP contribution in [0.4, 0.5) is 0 Å². The van der Waals surface area contributed by atoms with Crippen molar-refractivity contribution < 1.29 is 14.6 Å². The minimum Gasteiger partial charge on any atom is -0.497 e. The van der Waals surface area contributed by atoms with Gasteiger partial charge in [-0.2, -0.15) is 0 Å². The van der Waals surface area contributed by atoms with Crippen molar-refractivity contribution >= 4 is 23.2 Å². The fraction of sp³-hybridized carbons (Fsp3) is 0.455.